The van der Waals surface area contributed by atoms with Gasteiger partial charge in [0, 0.05) is 19.5 Å². The highest BCUT2D eigenvalue weighted by Gasteiger charge is 2.03. The molecule has 0 aliphatic carbocycles. The van der Waals surface area contributed by atoms with Crippen molar-refractivity contribution < 1.29 is 8.94 Å². The minimum absolute atomic E-state index is 0.523. The highest BCUT2D eigenvalue weighted by molar-refractivity contribution is 5.79. The van der Waals surface area contributed by atoms with Gasteiger partial charge in [-0.1, -0.05) is 12.1 Å². The fourth-order valence-electron chi connectivity index (χ4n) is 1.87. The van der Waals surface area contributed by atoms with Crippen LogP contribution in [0.4, 0.5) is 0 Å². The van der Waals surface area contributed by atoms with Crippen molar-refractivity contribution in [2.75, 3.05) is 13.1 Å². The molecule has 0 spiro atoms. The predicted octanol–water partition coefficient (Wildman–Crippen LogP) is 2.05. The molecule has 2 heterocycles. The quantitative estimate of drug-likeness (QED) is 0.441. The smallest absolute Gasteiger partial charge is 0.226 e. The van der Waals surface area contributed by atoms with Gasteiger partial charge in [0.2, 0.25) is 5.89 Å². The Kier molecular flexibility index (Phi) is 6.47. The van der Waals surface area contributed by atoms with Crippen molar-refractivity contribution in [1.29, 1.82) is 0 Å². The van der Waals surface area contributed by atoms with E-state index in [0.29, 0.717) is 18.3 Å². The Hall–Kier alpha value is -2.31. The van der Waals surface area contributed by atoms with Gasteiger partial charge in [-0.05, 0) is 31.9 Å². The van der Waals surface area contributed by atoms with Gasteiger partial charge in [0.05, 0.1) is 6.26 Å². The van der Waals surface area contributed by atoms with Crippen LogP contribution in [0.5, 0.6) is 0 Å². The normalized spacial score (nSPS) is 11.6. The van der Waals surface area contributed by atoms with Crippen molar-refractivity contribution >= 4 is 5.96 Å². The third-order valence-electron chi connectivity index (χ3n) is 2.95. The maximum absolute atomic E-state index is 5.28. The molecule has 0 bridgehead atoms. The predicted molar refractivity (Wildman–Crippen MR) is 83.5 cm³/mol. The summed E-state index contributed by atoms with van der Waals surface area (Å²) in [7, 11) is 0. The van der Waals surface area contributed by atoms with E-state index in [9.17, 15) is 0 Å². The molecule has 0 aliphatic rings. The maximum Gasteiger partial charge on any atom is 0.226 e. The number of aliphatic imine (C=N–C) groups is 1. The lowest BCUT2D eigenvalue weighted by atomic mass is 10.3. The van der Waals surface area contributed by atoms with Crippen LogP contribution in [0.25, 0.3) is 0 Å². The molecule has 0 aliphatic heterocycles. The molecule has 120 valence electrons. The molecule has 0 unspecified atom stereocenters. The summed E-state index contributed by atoms with van der Waals surface area (Å²) < 4.78 is 10.4. The summed E-state index contributed by atoms with van der Waals surface area (Å²) in [6.07, 6.45) is 4.36. The van der Waals surface area contributed by atoms with E-state index in [-0.39, 0.29) is 0 Å². The number of aryl methyl sites for hydroxylation is 2. The van der Waals surface area contributed by atoms with E-state index in [1.165, 1.54) is 0 Å². The average Bonchev–Trinajstić information content (AvgIpc) is 3.17. The topological polar surface area (TPSA) is 88.5 Å². The molecule has 0 radical (unpaired) electrons. The highest BCUT2D eigenvalue weighted by Crippen LogP contribution is 2.01. The van der Waals surface area contributed by atoms with Gasteiger partial charge in [0.1, 0.15) is 12.3 Å². The molecular formula is C15H23N5O2. The van der Waals surface area contributed by atoms with E-state index in [4.69, 9.17) is 8.94 Å². The van der Waals surface area contributed by atoms with E-state index >= 15 is 0 Å². The Morgan fingerprint density at radius 2 is 2.18 bits per heavy atom. The fourth-order valence-corrected chi connectivity index (χ4v) is 1.87. The Bertz CT molecular complexity index is 562. The van der Waals surface area contributed by atoms with Crippen molar-refractivity contribution in [2.45, 2.75) is 39.7 Å². The Balaban J connectivity index is 1.74. The Morgan fingerprint density at radius 3 is 2.86 bits per heavy atom. The molecule has 7 nitrogen and oxygen atoms in total. The van der Waals surface area contributed by atoms with Crippen molar-refractivity contribution in [2.24, 2.45) is 4.99 Å². The Labute approximate surface area is 130 Å². The van der Waals surface area contributed by atoms with E-state index in [1.54, 1.807) is 6.26 Å². The molecule has 0 amide bonds. The average molecular weight is 305 g/mol. The van der Waals surface area contributed by atoms with E-state index in [0.717, 1.165) is 44.1 Å². The van der Waals surface area contributed by atoms with E-state index in [2.05, 4.69) is 32.7 Å². The molecule has 0 saturated carbocycles. The third-order valence-corrected chi connectivity index (χ3v) is 2.95. The summed E-state index contributed by atoms with van der Waals surface area (Å²) in [4.78, 5) is 8.68. The van der Waals surface area contributed by atoms with Crippen LogP contribution in [-0.2, 0) is 13.0 Å². The largest absolute Gasteiger partial charge is 0.467 e. The van der Waals surface area contributed by atoms with Gasteiger partial charge in [-0.3, -0.25) is 0 Å². The first kappa shape index (κ1) is 16.1. The fraction of sp³-hybridized carbons (Fsp3) is 0.533. The lowest BCUT2D eigenvalue weighted by Gasteiger charge is -2.11. The minimum Gasteiger partial charge on any atom is -0.467 e. The van der Waals surface area contributed by atoms with Gasteiger partial charge in [0.25, 0.3) is 0 Å². The molecule has 22 heavy (non-hydrogen) atoms. The summed E-state index contributed by atoms with van der Waals surface area (Å²) >= 11 is 0. The minimum atomic E-state index is 0.523. The number of aromatic nitrogens is 2. The highest BCUT2D eigenvalue weighted by atomic mass is 16.5. The molecule has 0 aromatic carbocycles. The van der Waals surface area contributed by atoms with Crippen LogP contribution in [0.2, 0.25) is 0 Å². The molecule has 7 heteroatoms. The molecular weight excluding hydrogens is 282 g/mol. The summed E-state index contributed by atoms with van der Waals surface area (Å²) in [6.45, 7) is 6.13. The van der Waals surface area contributed by atoms with Crippen molar-refractivity contribution in [3.8, 4) is 0 Å². The zero-order valence-electron chi connectivity index (χ0n) is 13.1. The summed E-state index contributed by atoms with van der Waals surface area (Å²) in [6, 6.07) is 3.78. The number of rotatable bonds is 8. The lowest BCUT2D eigenvalue weighted by molar-refractivity contribution is 0.372. The van der Waals surface area contributed by atoms with Crippen LogP contribution in [0.1, 0.15) is 37.2 Å². The van der Waals surface area contributed by atoms with E-state index < -0.39 is 0 Å². The summed E-state index contributed by atoms with van der Waals surface area (Å²) in [5.41, 5.74) is 0. The summed E-state index contributed by atoms with van der Waals surface area (Å²) in [5.74, 6) is 2.99. The molecule has 0 saturated heterocycles. The standard InChI is InChI=1S/C15H23N5O2/c1-3-8-16-15(18-11-13-6-5-10-21-13)17-9-4-7-14-19-12(2)20-22-14/h5-6,10H,3-4,7-9,11H2,1-2H3,(H2,16,17,18). The van der Waals surface area contributed by atoms with Crippen LogP contribution in [0, 0.1) is 6.92 Å². The second-order valence-corrected chi connectivity index (χ2v) is 4.94. The van der Waals surface area contributed by atoms with Crippen molar-refractivity contribution in [1.82, 2.24) is 20.8 Å². The molecule has 2 N–H and O–H groups in total. The van der Waals surface area contributed by atoms with Crippen molar-refractivity contribution in [3.63, 3.8) is 0 Å². The zero-order valence-corrected chi connectivity index (χ0v) is 13.1. The van der Waals surface area contributed by atoms with Crippen LogP contribution in [0.3, 0.4) is 0 Å². The van der Waals surface area contributed by atoms with Crippen LogP contribution < -0.4 is 10.6 Å². The monoisotopic (exact) mass is 305 g/mol. The molecule has 0 atom stereocenters. The van der Waals surface area contributed by atoms with Crippen LogP contribution >= 0.6 is 0 Å². The molecule has 2 aromatic rings. The zero-order chi connectivity index (χ0) is 15.6. The number of furan rings is 1. The van der Waals surface area contributed by atoms with Crippen molar-refractivity contribution in [3.05, 3.63) is 35.9 Å². The molecule has 0 fully saturated rings. The van der Waals surface area contributed by atoms with E-state index in [1.807, 2.05) is 19.1 Å². The van der Waals surface area contributed by atoms with Gasteiger partial charge >= 0.3 is 0 Å². The first-order chi connectivity index (χ1) is 10.8. The number of nitrogens with zero attached hydrogens (tertiary/aromatic N) is 3. The second-order valence-electron chi connectivity index (χ2n) is 4.94. The van der Waals surface area contributed by atoms with Gasteiger partial charge in [0.15, 0.2) is 11.8 Å². The lowest BCUT2D eigenvalue weighted by Crippen LogP contribution is -2.38. The van der Waals surface area contributed by atoms with Gasteiger partial charge < -0.3 is 19.6 Å². The van der Waals surface area contributed by atoms with Gasteiger partial charge in [-0.25, -0.2) is 4.99 Å². The maximum atomic E-state index is 5.28. The first-order valence-electron chi connectivity index (χ1n) is 7.61. The van der Waals surface area contributed by atoms with Gasteiger partial charge in [-0.2, -0.15) is 4.98 Å². The number of hydrogen-bond acceptors (Lipinski definition) is 5. The number of guanidine groups is 1. The third kappa shape index (κ3) is 5.59. The first-order valence-corrected chi connectivity index (χ1v) is 7.61. The Morgan fingerprint density at radius 1 is 1.32 bits per heavy atom. The molecule has 2 rings (SSSR count). The SMILES string of the molecule is CCCNC(=NCc1ccco1)NCCCc1nc(C)no1. The second kappa shape index (κ2) is 8.86. The van der Waals surface area contributed by atoms with Crippen LogP contribution in [-0.4, -0.2) is 29.2 Å². The number of hydrogen-bond donors (Lipinski definition) is 2. The van der Waals surface area contributed by atoms with Crippen LogP contribution in [0.15, 0.2) is 32.3 Å². The number of nitrogens with one attached hydrogen (secondary N) is 2. The van der Waals surface area contributed by atoms with Gasteiger partial charge in [-0.15, -0.1) is 0 Å². The molecule has 2 aromatic heterocycles. The summed E-state index contributed by atoms with van der Waals surface area (Å²) in [5, 5.41) is 10.4.